The lowest BCUT2D eigenvalue weighted by Gasteiger charge is -2.09. The second-order valence-corrected chi connectivity index (χ2v) is 9.12. The van der Waals surface area contributed by atoms with E-state index in [4.69, 9.17) is 0 Å². The number of hydrogen-bond donors (Lipinski definition) is 1. The summed E-state index contributed by atoms with van der Waals surface area (Å²) in [7, 11) is 1.72. The number of hydrogen-bond acceptors (Lipinski definition) is 5. The van der Waals surface area contributed by atoms with Crippen LogP contribution in [0.25, 0.3) is 22.3 Å². The molecule has 12 heteroatoms. The van der Waals surface area contributed by atoms with Crippen LogP contribution in [-0.4, -0.2) is 40.2 Å². The van der Waals surface area contributed by atoms with Gasteiger partial charge in [0, 0.05) is 24.4 Å². The summed E-state index contributed by atoms with van der Waals surface area (Å²) in [5.74, 6) is -0.757. The third-order valence-corrected chi connectivity index (χ3v) is 6.30. The van der Waals surface area contributed by atoms with Gasteiger partial charge in [-0.1, -0.05) is 12.1 Å². The number of nitrogens with one attached hydrogen (secondary N) is 1. The number of carbonyl (C=O) groups is 1. The van der Waals surface area contributed by atoms with Gasteiger partial charge in [0.05, 0.1) is 46.6 Å². The number of aromatic nitrogens is 7. The Morgan fingerprint density at radius 3 is 2.53 bits per heavy atom. The summed E-state index contributed by atoms with van der Waals surface area (Å²) in [5.41, 5.74) is 3.76. The van der Waals surface area contributed by atoms with Crippen LogP contribution in [0.4, 0.5) is 18.9 Å². The van der Waals surface area contributed by atoms with E-state index < -0.39 is 12.3 Å². The van der Waals surface area contributed by atoms with Gasteiger partial charge >= 0.3 is 0 Å². The zero-order valence-electron chi connectivity index (χ0n) is 21.2. The lowest BCUT2D eigenvalue weighted by atomic mass is 10.1. The molecule has 0 unspecified atom stereocenters. The second kappa shape index (κ2) is 9.77. The highest BCUT2D eigenvalue weighted by Gasteiger charge is 2.23. The fraction of sp³-hybridized carbons (Fsp3) is 0.269. The first kappa shape index (κ1) is 25.2. The number of benzene rings is 1. The summed E-state index contributed by atoms with van der Waals surface area (Å²) >= 11 is 0. The molecule has 5 rings (SSSR count). The summed E-state index contributed by atoms with van der Waals surface area (Å²) in [6, 6.07) is 7.56. The number of amides is 1. The van der Waals surface area contributed by atoms with Gasteiger partial charge in [-0.25, -0.2) is 22.8 Å². The van der Waals surface area contributed by atoms with Crippen LogP contribution in [0, 0.1) is 26.6 Å². The van der Waals surface area contributed by atoms with Crippen molar-refractivity contribution in [3.05, 3.63) is 76.8 Å². The van der Waals surface area contributed by atoms with Crippen LogP contribution in [0.2, 0.25) is 0 Å². The van der Waals surface area contributed by atoms with Crippen molar-refractivity contribution in [2.75, 3.05) is 5.32 Å². The summed E-state index contributed by atoms with van der Waals surface area (Å²) in [5, 5.41) is 16.0. The lowest BCUT2D eigenvalue weighted by Crippen LogP contribution is -2.20. The highest BCUT2D eigenvalue weighted by atomic mass is 19.3. The second-order valence-electron chi connectivity index (χ2n) is 9.12. The molecule has 0 aliphatic heterocycles. The number of pyridine rings is 1. The minimum Gasteiger partial charge on any atom is -0.321 e. The van der Waals surface area contributed by atoms with Crippen molar-refractivity contribution >= 4 is 22.6 Å². The highest BCUT2D eigenvalue weighted by Crippen LogP contribution is 2.33. The van der Waals surface area contributed by atoms with Crippen LogP contribution in [0.15, 0.2) is 42.7 Å². The molecule has 0 bridgehead atoms. The van der Waals surface area contributed by atoms with E-state index >= 15 is 0 Å². The summed E-state index contributed by atoms with van der Waals surface area (Å²) in [6.45, 7) is 5.26. The van der Waals surface area contributed by atoms with Gasteiger partial charge in [-0.15, -0.1) is 0 Å². The molecular weight excluding hydrogens is 497 g/mol. The standard InChI is InChI=1S/C26H25F3N8O/c1-14-23-20(25(28)29)9-21(18-10-30-35(4)12-18)31-26(23)37(33-14)13-22(38)32-24-15(2)34-36(16(24)3)11-17-6-5-7-19(27)8-17/h5-10,12,25H,11,13H2,1-4H3,(H,32,38). The predicted octanol–water partition coefficient (Wildman–Crippen LogP) is 4.72. The van der Waals surface area contributed by atoms with E-state index in [0.717, 1.165) is 5.56 Å². The number of anilines is 1. The first-order chi connectivity index (χ1) is 18.1. The van der Waals surface area contributed by atoms with Crippen LogP contribution in [0.5, 0.6) is 0 Å². The number of nitrogens with zero attached hydrogens (tertiary/aromatic N) is 7. The Balaban J connectivity index is 1.44. The molecular formula is C26H25F3N8O. The Bertz CT molecular complexity index is 1670. The Morgan fingerprint density at radius 2 is 1.84 bits per heavy atom. The Morgan fingerprint density at radius 1 is 1.08 bits per heavy atom. The summed E-state index contributed by atoms with van der Waals surface area (Å²) in [4.78, 5) is 17.6. The molecule has 1 aromatic carbocycles. The zero-order valence-corrected chi connectivity index (χ0v) is 21.2. The quantitative estimate of drug-likeness (QED) is 0.334. The topological polar surface area (TPSA) is 95.5 Å². The van der Waals surface area contributed by atoms with Gasteiger partial charge in [-0.2, -0.15) is 15.3 Å². The smallest absolute Gasteiger partial charge is 0.264 e. The molecule has 0 saturated heterocycles. The number of carbonyl (C=O) groups excluding carboxylic acids is 1. The SMILES string of the molecule is Cc1nn(Cc2cccc(F)c2)c(C)c1NC(=O)Cn1nc(C)c2c(C(F)F)cc(-c3cnn(C)c3)nc21. The molecule has 0 saturated carbocycles. The van der Waals surface area contributed by atoms with E-state index in [1.165, 1.54) is 29.1 Å². The maximum atomic E-state index is 14.0. The predicted molar refractivity (Wildman–Crippen MR) is 135 cm³/mol. The van der Waals surface area contributed by atoms with Crippen LogP contribution in [0.1, 0.15) is 34.6 Å². The molecule has 0 atom stereocenters. The van der Waals surface area contributed by atoms with Crippen molar-refractivity contribution in [3.63, 3.8) is 0 Å². The molecule has 0 fully saturated rings. The molecule has 1 N–H and O–H groups in total. The average Bonchev–Trinajstić information content (AvgIpc) is 3.51. The van der Waals surface area contributed by atoms with Crippen molar-refractivity contribution in [3.8, 4) is 11.3 Å². The van der Waals surface area contributed by atoms with Crippen LogP contribution < -0.4 is 5.32 Å². The van der Waals surface area contributed by atoms with Gasteiger partial charge in [0.2, 0.25) is 5.91 Å². The Hall–Kier alpha value is -4.48. The van der Waals surface area contributed by atoms with Crippen molar-refractivity contribution in [2.45, 2.75) is 40.3 Å². The van der Waals surface area contributed by atoms with Crippen molar-refractivity contribution in [2.24, 2.45) is 7.05 Å². The van der Waals surface area contributed by atoms with E-state index in [0.29, 0.717) is 40.6 Å². The third kappa shape index (κ3) is 4.76. The summed E-state index contributed by atoms with van der Waals surface area (Å²) < 4.78 is 46.2. The highest BCUT2D eigenvalue weighted by molar-refractivity contribution is 5.93. The van der Waals surface area contributed by atoms with Gasteiger partial charge in [0.15, 0.2) is 5.65 Å². The third-order valence-electron chi connectivity index (χ3n) is 6.30. The minimum absolute atomic E-state index is 0.185. The molecule has 0 aliphatic rings. The van der Waals surface area contributed by atoms with Crippen LogP contribution >= 0.6 is 0 Å². The first-order valence-corrected chi connectivity index (χ1v) is 11.8. The molecule has 4 aromatic heterocycles. The van der Waals surface area contributed by atoms with Gasteiger partial charge < -0.3 is 5.32 Å². The van der Waals surface area contributed by atoms with Crippen LogP contribution in [0.3, 0.4) is 0 Å². The number of halogens is 3. The summed E-state index contributed by atoms with van der Waals surface area (Å²) in [6.07, 6.45) is 0.461. The van der Waals surface area contributed by atoms with Gasteiger partial charge in [0.1, 0.15) is 12.4 Å². The number of aryl methyl sites for hydroxylation is 3. The Labute approximate surface area is 215 Å². The van der Waals surface area contributed by atoms with E-state index in [9.17, 15) is 18.0 Å². The minimum atomic E-state index is -2.75. The van der Waals surface area contributed by atoms with Gasteiger partial charge in [-0.3, -0.25) is 14.2 Å². The van der Waals surface area contributed by atoms with Gasteiger partial charge in [-0.05, 0) is 44.5 Å². The molecule has 196 valence electrons. The molecule has 9 nitrogen and oxygen atoms in total. The van der Waals surface area contributed by atoms with Crippen LogP contribution in [-0.2, 0) is 24.9 Å². The fourth-order valence-corrected chi connectivity index (χ4v) is 4.53. The molecule has 38 heavy (non-hydrogen) atoms. The van der Waals surface area contributed by atoms with E-state index in [1.807, 2.05) is 0 Å². The lowest BCUT2D eigenvalue weighted by molar-refractivity contribution is -0.116. The molecule has 0 radical (unpaired) electrons. The maximum absolute atomic E-state index is 14.0. The Kier molecular flexibility index (Phi) is 6.47. The van der Waals surface area contributed by atoms with Crippen molar-refractivity contribution < 1.29 is 18.0 Å². The average molecular weight is 523 g/mol. The van der Waals surface area contributed by atoms with Crippen molar-refractivity contribution in [1.82, 2.24) is 34.3 Å². The molecule has 0 spiro atoms. The van der Waals surface area contributed by atoms with E-state index in [1.54, 1.807) is 55.5 Å². The normalized spacial score (nSPS) is 11.6. The number of alkyl halides is 2. The molecule has 1 amide bonds. The van der Waals surface area contributed by atoms with Gasteiger partial charge in [0.25, 0.3) is 6.43 Å². The molecule has 0 aliphatic carbocycles. The monoisotopic (exact) mass is 522 g/mol. The van der Waals surface area contributed by atoms with E-state index in [-0.39, 0.29) is 29.0 Å². The largest absolute Gasteiger partial charge is 0.321 e. The first-order valence-electron chi connectivity index (χ1n) is 11.8. The number of rotatable bonds is 7. The molecule has 4 heterocycles. The fourth-order valence-electron chi connectivity index (χ4n) is 4.53. The molecule has 5 aromatic rings. The number of fused-ring (bicyclic) bond motifs is 1. The van der Waals surface area contributed by atoms with E-state index in [2.05, 4.69) is 25.6 Å². The maximum Gasteiger partial charge on any atom is 0.264 e. The zero-order chi connectivity index (χ0) is 27.1. The van der Waals surface area contributed by atoms with Crippen molar-refractivity contribution in [1.29, 1.82) is 0 Å².